The van der Waals surface area contributed by atoms with Gasteiger partial charge in [-0.2, -0.15) is 5.10 Å². The van der Waals surface area contributed by atoms with E-state index >= 15 is 0 Å². The minimum Gasteiger partial charge on any atom is -0.339 e. The van der Waals surface area contributed by atoms with E-state index in [2.05, 4.69) is 39.6 Å². The minimum absolute atomic E-state index is 0.0849. The molecule has 0 radical (unpaired) electrons. The summed E-state index contributed by atoms with van der Waals surface area (Å²) in [4.78, 5) is 16.9. The lowest BCUT2D eigenvalue weighted by Crippen LogP contribution is -2.47. The average molecular weight is 372 g/mol. The summed E-state index contributed by atoms with van der Waals surface area (Å²) in [5.74, 6) is 0.978. The molecule has 2 fully saturated rings. The monoisotopic (exact) mass is 372 g/mol. The van der Waals surface area contributed by atoms with Gasteiger partial charge in [-0.3, -0.25) is 14.4 Å². The predicted octanol–water partition coefficient (Wildman–Crippen LogP) is 0.983. The van der Waals surface area contributed by atoms with Gasteiger partial charge in [-0.25, -0.2) is 4.68 Å². The van der Waals surface area contributed by atoms with E-state index in [0.717, 1.165) is 30.7 Å². The molecule has 1 unspecified atom stereocenters. The fourth-order valence-electron chi connectivity index (χ4n) is 4.44. The van der Waals surface area contributed by atoms with E-state index in [0.29, 0.717) is 19.1 Å². The van der Waals surface area contributed by atoms with Crippen molar-refractivity contribution < 1.29 is 4.79 Å². The average Bonchev–Trinajstić information content (AvgIpc) is 3.41. The van der Waals surface area contributed by atoms with Crippen molar-refractivity contribution in [2.75, 3.05) is 27.2 Å². The van der Waals surface area contributed by atoms with Gasteiger partial charge in [-0.05, 0) is 56.3 Å². The van der Waals surface area contributed by atoms with E-state index in [-0.39, 0.29) is 18.0 Å². The van der Waals surface area contributed by atoms with E-state index in [4.69, 9.17) is 0 Å². The van der Waals surface area contributed by atoms with Gasteiger partial charge < -0.3 is 4.90 Å². The largest absolute Gasteiger partial charge is 0.339 e. The SMILES string of the molecule is Cc1cnn(CC(=O)N2CCC(c3nnnn3C3CCCC3)(N(C)C)C2)c1. The quantitative estimate of drug-likeness (QED) is 0.778. The van der Waals surface area contributed by atoms with Crippen LogP contribution in [0.25, 0.3) is 0 Å². The van der Waals surface area contributed by atoms with Crippen molar-refractivity contribution in [2.24, 2.45) is 0 Å². The third kappa shape index (κ3) is 3.24. The normalized spacial score (nSPS) is 23.6. The maximum absolute atomic E-state index is 12.8. The first-order valence-corrected chi connectivity index (χ1v) is 9.72. The number of tetrazole rings is 1. The first kappa shape index (κ1) is 18.1. The molecule has 146 valence electrons. The number of amides is 1. The fraction of sp³-hybridized carbons (Fsp3) is 0.722. The maximum Gasteiger partial charge on any atom is 0.244 e. The van der Waals surface area contributed by atoms with Crippen molar-refractivity contribution >= 4 is 5.91 Å². The summed E-state index contributed by atoms with van der Waals surface area (Å²) in [6, 6.07) is 0.378. The highest BCUT2D eigenvalue weighted by molar-refractivity contribution is 5.76. The Kier molecular flexibility index (Phi) is 4.71. The van der Waals surface area contributed by atoms with Crippen LogP contribution < -0.4 is 0 Å². The Morgan fingerprint density at radius 2 is 2.11 bits per heavy atom. The van der Waals surface area contributed by atoms with Gasteiger partial charge in [0.15, 0.2) is 5.82 Å². The number of carbonyl (C=O) groups excluding carboxylic acids is 1. The van der Waals surface area contributed by atoms with Crippen molar-refractivity contribution in [2.45, 2.75) is 57.2 Å². The summed E-state index contributed by atoms with van der Waals surface area (Å²) < 4.78 is 3.73. The molecule has 2 aromatic heterocycles. The Hall–Kier alpha value is -2.29. The van der Waals surface area contributed by atoms with E-state index in [1.165, 1.54) is 12.8 Å². The predicted molar refractivity (Wildman–Crippen MR) is 98.8 cm³/mol. The highest BCUT2D eigenvalue weighted by atomic mass is 16.2. The molecular formula is C18H28N8O. The Balaban J connectivity index is 1.55. The molecule has 1 saturated carbocycles. The van der Waals surface area contributed by atoms with Gasteiger partial charge in [0, 0.05) is 19.3 Å². The zero-order valence-corrected chi connectivity index (χ0v) is 16.4. The number of hydrogen-bond acceptors (Lipinski definition) is 6. The van der Waals surface area contributed by atoms with Crippen molar-refractivity contribution in [3.8, 4) is 0 Å². The van der Waals surface area contributed by atoms with Crippen LogP contribution in [-0.2, 0) is 16.9 Å². The molecule has 0 N–H and O–H groups in total. The second-order valence-electron chi connectivity index (χ2n) is 8.09. The molecule has 0 spiro atoms. The smallest absolute Gasteiger partial charge is 0.244 e. The topological polar surface area (TPSA) is 85.0 Å². The van der Waals surface area contributed by atoms with Crippen LogP contribution in [0, 0.1) is 6.92 Å². The van der Waals surface area contributed by atoms with Gasteiger partial charge >= 0.3 is 0 Å². The summed E-state index contributed by atoms with van der Waals surface area (Å²) in [5.41, 5.74) is 0.713. The Labute approximate surface area is 159 Å². The molecule has 1 aliphatic heterocycles. The van der Waals surface area contributed by atoms with Crippen LogP contribution in [0.15, 0.2) is 12.4 Å². The lowest BCUT2D eigenvalue weighted by molar-refractivity contribution is -0.131. The fourth-order valence-corrected chi connectivity index (χ4v) is 4.44. The maximum atomic E-state index is 12.8. The van der Waals surface area contributed by atoms with Gasteiger partial charge in [-0.1, -0.05) is 12.8 Å². The summed E-state index contributed by atoms with van der Waals surface area (Å²) in [7, 11) is 4.11. The van der Waals surface area contributed by atoms with Gasteiger partial charge in [0.25, 0.3) is 0 Å². The Bertz CT molecular complexity index is 806. The Morgan fingerprint density at radius 3 is 2.78 bits per heavy atom. The van der Waals surface area contributed by atoms with E-state index in [1.54, 1.807) is 10.9 Å². The van der Waals surface area contributed by atoms with E-state index in [9.17, 15) is 4.79 Å². The molecule has 2 aromatic rings. The molecule has 9 heteroatoms. The molecule has 1 amide bonds. The number of likely N-dealkylation sites (N-methyl/N-ethyl adjacent to an activating group) is 1. The molecule has 4 rings (SSSR count). The molecule has 0 aromatic carbocycles. The second kappa shape index (κ2) is 7.03. The molecule has 3 heterocycles. The standard InChI is InChI=1S/C18H28N8O/c1-14-10-19-25(11-14)12-16(27)24-9-8-18(13-24,23(2)3)17-20-21-22-26(17)15-6-4-5-7-15/h10-11,15H,4-9,12-13H2,1-3H3. The highest BCUT2D eigenvalue weighted by Crippen LogP contribution is 2.38. The van der Waals surface area contributed by atoms with Crippen LogP contribution in [-0.4, -0.2) is 72.9 Å². The molecule has 1 atom stereocenters. The summed E-state index contributed by atoms with van der Waals surface area (Å²) in [5, 5.41) is 17.0. The van der Waals surface area contributed by atoms with Crippen molar-refractivity contribution in [1.29, 1.82) is 0 Å². The van der Waals surface area contributed by atoms with Crippen LogP contribution >= 0.6 is 0 Å². The zero-order chi connectivity index (χ0) is 19.0. The van der Waals surface area contributed by atoms with Crippen LogP contribution in [0.2, 0.25) is 0 Å². The number of rotatable bonds is 5. The van der Waals surface area contributed by atoms with E-state index in [1.807, 2.05) is 22.7 Å². The molecular weight excluding hydrogens is 344 g/mol. The van der Waals surface area contributed by atoms with E-state index < -0.39 is 0 Å². The number of carbonyl (C=O) groups is 1. The minimum atomic E-state index is -0.345. The third-order valence-electron chi connectivity index (χ3n) is 6.10. The lowest BCUT2D eigenvalue weighted by Gasteiger charge is -2.35. The van der Waals surface area contributed by atoms with Crippen molar-refractivity contribution in [1.82, 2.24) is 39.8 Å². The summed E-state index contributed by atoms with van der Waals surface area (Å²) in [6.07, 6.45) is 9.22. The van der Waals surface area contributed by atoms with Gasteiger partial charge in [0.05, 0.1) is 12.2 Å². The first-order valence-electron chi connectivity index (χ1n) is 9.72. The Morgan fingerprint density at radius 1 is 1.33 bits per heavy atom. The van der Waals surface area contributed by atoms with Crippen molar-refractivity contribution in [3.63, 3.8) is 0 Å². The zero-order valence-electron chi connectivity index (χ0n) is 16.4. The summed E-state index contributed by atoms with van der Waals surface area (Å²) >= 11 is 0. The molecule has 2 aliphatic rings. The first-order chi connectivity index (χ1) is 13.0. The lowest BCUT2D eigenvalue weighted by atomic mass is 9.95. The van der Waals surface area contributed by atoms with Crippen LogP contribution in [0.4, 0.5) is 0 Å². The number of aromatic nitrogens is 6. The van der Waals surface area contributed by atoms with Gasteiger partial charge in [-0.15, -0.1) is 5.10 Å². The van der Waals surface area contributed by atoms with Crippen LogP contribution in [0.1, 0.15) is 49.5 Å². The number of aryl methyl sites for hydroxylation is 1. The van der Waals surface area contributed by atoms with Crippen LogP contribution in [0.3, 0.4) is 0 Å². The molecule has 1 aliphatic carbocycles. The molecule has 9 nitrogen and oxygen atoms in total. The number of likely N-dealkylation sites (tertiary alicyclic amines) is 1. The summed E-state index contributed by atoms with van der Waals surface area (Å²) in [6.45, 7) is 3.55. The van der Waals surface area contributed by atoms with Gasteiger partial charge in [0.1, 0.15) is 12.1 Å². The van der Waals surface area contributed by atoms with Crippen LogP contribution in [0.5, 0.6) is 0 Å². The highest BCUT2D eigenvalue weighted by Gasteiger charge is 2.47. The third-order valence-corrected chi connectivity index (χ3v) is 6.10. The number of nitrogens with zero attached hydrogens (tertiary/aromatic N) is 8. The van der Waals surface area contributed by atoms with Crippen molar-refractivity contribution in [3.05, 3.63) is 23.8 Å². The second-order valence-corrected chi connectivity index (χ2v) is 8.09. The molecule has 0 bridgehead atoms. The molecule has 27 heavy (non-hydrogen) atoms. The van der Waals surface area contributed by atoms with Gasteiger partial charge in [0.2, 0.25) is 5.91 Å². The molecule has 1 saturated heterocycles. The number of hydrogen-bond donors (Lipinski definition) is 0.